The van der Waals surface area contributed by atoms with E-state index in [4.69, 9.17) is 5.26 Å². The van der Waals surface area contributed by atoms with Crippen LogP contribution in [-0.2, 0) is 13.5 Å². The van der Waals surface area contributed by atoms with Gasteiger partial charge in [0, 0.05) is 18.5 Å². The smallest absolute Gasteiger partial charge is 0.268 e. The van der Waals surface area contributed by atoms with Crippen LogP contribution in [0.4, 0.5) is 0 Å². The molecule has 0 saturated heterocycles. The third kappa shape index (κ3) is 3.48. The van der Waals surface area contributed by atoms with Crippen molar-refractivity contribution in [2.45, 2.75) is 18.9 Å². The van der Waals surface area contributed by atoms with Crippen LogP contribution in [0.5, 0.6) is 5.75 Å². The number of rotatable bonds is 5. The lowest BCUT2D eigenvalue weighted by atomic mass is 10.0. The zero-order valence-corrected chi connectivity index (χ0v) is 13.9. The summed E-state index contributed by atoms with van der Waals surface area (Å²) in [6.07, 6.45) is 0.825. The number of amides is 1. The maximum absolute atomic E-state index is 12.7. The second-order valence-corrected chi connectivity index (χ2v) is 6.02. The number of phenolic OH excluding ortho intramolecular Hbond substituents is 1. The van der Waals surface area contributed by atoms with E-state index in [1.54, 1.807) is 29.8 Å². The first kappa shape index (κ1) is 16.6. The van der Waals surface area contributed by atoms with Crippen molar-refractivity contribution in [2.75, 3.05) is 0 Å². The summed E-state index contributed by atoms with van der Waals surface area (Å²) in [5.41, 5.74) is 2.30. The summed E-state index contributed by atoms with van der Waals surface area (Å²) in [6.45, 7) is 0. The highest BCUT2D eigenvalue weighted by molar-refractivity contribution is 6.00. The Morgan fingerprint density at radius 1 is 1.24 bits per heavy atom. The van der Waals surface area contributed by atoms with Gasteiger partial charge in [-0.05, 0) is 30.2 Å². The lowest BCUT2D eigenvalue weighted by Gasteiger charge is -2.16. The predicted molar refractivity (Wildman–Crippen MR) is 96.2 cm³/mol. The van der Waals surface area contributed by atoms with E-state index in [9.17, 15) is 9.90 Å². The number of aryl methyl sites for hydroxylation is 1. The monoisotopic (exact) mass is 333 g/mol. The Labute approximate surface area is 146 Å². The van der Waals surface area contributed by atoms with Crippen molar-refractivity contribution in [3.05, 3.63) is 65.9 Å². The number of phenols is 1. The predicted octanol–water partition coefficient (Wildman–Crippen LogP) is 3.14. The molecule has 126 valence electrons. The quantitative estimate of drug-likeness (QED) is 0.753. The van der Waals surface area contributed by atoms with Crippen molar-refractivity contribution >= 4 is 16.8 Å². The van der Waals surface area contributed by atoms with Crippen LogP contribution in [0.3, 0.4) is 0 Å². The average Bonchev–Trinajstić information content (AvgIpc) is 2.95. The summed E-state index contributed by atoms with van der Waals surface area (Å²) in [5.74, 6) is -0.112. The van der Waals surface area contributed by atoms with Crippen LogP contribution in [0.25, 0.3) is 10.9 Å². The molecule has 3 aromatic rings. The fraction of sp³-hybridized carbons (Fsp3) is 0.200. The largest absolute Gasteiger partial charge is 0.507 e. The Morgan fingerprint density at radius 3 is 2.68 bits per heavy atom. The van der Waals surface area contributed by atoms with Crippen LogP contribution in [0.2, 0.25) is 0 Å². The van der Waals surface area contributed by atoms with Gasteiger partial charge in [0.05, 0.1) is 18.0 Å². The van der Waals surface area contributed by atoms with E-state index in [-0.39, 0.29) is 24.1 Å². The normalized spacial score (nSPS) is 11.8. The molecule has 0 fully saturated rings. The van der Waals surface area contributed by atoms with E-state index in [0.717, 1.165) is 11.1 Å². The summed E-state index contributed by atoms with van der Waals surface area (Å²) in [4.78, 5) is 12.7. The average molecular weight is 333 g/mol. The minimum Gasteiger partial charge on any atom is -0.507 e. The molecule has 5 heteroatoms. The molecule has 0 saturated carbocycles. The van der Waals surface area contributed by atoms with Gasteiger partial charge in [0.2, 0.25) is 0 Å². The molecule has 1 atom stereocenters. The van der Waals surface area contributed by atoms with Crippen molar-refractivity contribution in [3.8, 4) is 11.8 Å². The fourth-order valence-corrected chi connectivity index (χ4v) is 3.01. The highest BCUT2D eigenvalue weighted by Gasteiger charge is 2.19. The Balaban J connectivity index is 1.83. The number of benzene rings is 2. The van der Waals surface area contributed by atoms with Crippen LogP contribution in [0, 0.1) is 11.3 Å². The molecule has 3 rings (SSSR count). The summed E-state index contributed by atoms with van der Waals surface area (Å²) in [6, 6.07) is 18.5. The second-order valence-electron chi connectivity index (χ2n) is 6.02. The molecule has 0 unspecified atom stereocenters. The van der Waals surface area contributed by atoms with Gasteiger partial charge in [0.25, 0.3) is 5.91 Å². The molecule has 0 aliphatic rings. The lowest BCUT2D eigenvalue weighted by molar-refractivity contribution is 0.0929. The molecule has 0 spiro atoms. The van der Waals surface area contributed by atoms with Gasteiger partial charge in [-0.15, -0.1) is 0 Å². The number of nitrogens with zero attached hydrogens (tertiary/aromatic N) is 2. The Bertz CT molecular complexity index is 939. The molecule has 0 aliphatic heterocycles. The number of carbonyl (C=O) groups excluding carboxylic acids is 1. The molecule has 0 radical (unpaired) electrons. The molecule has 5 nitrogen and oxygen atoms in total. The lowest BCUT2D eigenvalue weighted by Crippen LogP contribution is -2.37. The van der Waals surface area contributed by atoms with E-state index in [0.29, 0.717) is 17.5 Å². The van der Waals surface area contributed by atoms with Gasteiger partial charge in [-0.2, -0.15) is 5.26 Å². The van der Waals surface area contributed by atoms with Crippen molar-refractivity contribution in [2.24, 2.45) is 7.05 Å². The molecular formula is C20H19N3O2. The second kappa shape index (κ2) is 7.10. The Kier molecular flexibility index (Phi) is 4.71. The minimum atomic E-state index is -0.272. The zero-order chi connectivity index (χ0) is 17.8. The van der Waals surface area contributed by atoms with Gasteiger partial charge in [-0.3, -0.25) is 4.79 Å². The van der Waals surface area contributed by atoms with Crippen LogP contribution in [0.1, 0.15) is 22.5 Å². The van der Waals surface area contributed by atoms with E-state index in [1.807, 2.05) is 36.4 Å². The number of aromatic hydroxyl groups is 1. The maximum atomic E-state index is 12.7. The number of hydrogen-bond acceptors (Lipinski definition) is 3. The van der Waals surface area contributed by atoms with Crippen molar-refractivity contribution in [3.63, 3.8) is 0 Å². The number of hydrogen-bond donors (Lipinski definition) is 2. The van der Waals surface area contributed by atoms with E-state index in [1.165, 1.54) is 0 Å². The van der Waals surface area contributed by atoms with Gasteiger partial charge in [0.15, 0.2) is 0 Å². The van der Waals surface area contributed by atoms with E-state index < -0.39 is 0 Å². The number of fused-ring (bicyclic) bond motifs is 1. The number of carbonyl (C=O) groups is 1. The first-order chi connectivity index (χ1) is 12.1. The molecule has 1 amide bonds. The highest BCUT2D eigenvalue weighted by Crippen LogP contribution is 2.27. The maximum Gasteiger partial charge on any atom is 0.268 e. The van der Waals surface area contributed by atoms with E-state index >= 15 is 0 Å². The van der Waals surface area contributed by atoms with Gasteiger partial charge in [0.1, 0.15) is 11.4 Å². The standard InChI is InChI=1S/C20H19N3O2/c1-23-17-8-5-9-19(24)16(17)13-18(23)20(25)22-15(10-11-21)12-14-6-3-2-4-7-14/h2-9,13,15,24H,10,12H2,1H3,(H,22,25)/t15-/m1/s1. The number of nitrogens with one attached hydrogen (secondary N) is 1. The van der Waals surface area contributed by atoms with Crippen molar-refractivity contribution in [1.82, 2.24) is 9.88 Å². The molecular weight excluding hydrogens is 314 g/mol. The molecule has 2 aromatic carbocycles. The van der Waals surface area contributed by atoms with Gasteiger partial charge < -0.3 is 15.0 Å². The molecule has 2 N–H and O–H groups in total. The minimum absolute atomic E-state index is 0.144. The summed E-state index contributed by atoms with van der Waals surface area (Å²) < 4.78 is 1.75. The van der Waals surface area contributed by atoms with Gasteiger partial charge >= 0.3 is 0 Å². The summed E-state index contributed by atoms with van der Waals surface area (Å²) in [5, 5.41) is 22.6. The van der Waals surface area contributed by atoms with Crippen LogP contribution >= 0.6 is 0 Å². The first-order valence-corrected chi connectivity index (χ1v) is 8.09. The topological polar surface area (TPSA) is 78.0 Å². The van der Waals surface area contributed by atoms with Gasteiger partial charge in [-0.1, -0.05) is 36.4 Å². The van der Waals surface area contributed by atoms with Crippen LogP contribution < -0.4 is 5.32 Å². The fourth-order valence-electron chi connectivity index (χ4n) is 3.01. The molecule has 0 bridgehead atoms. The molecule has 25 heavy (non-hydrogen) atoms. The summed E-state index contributed by atoms with van der Waals surface area (Å²) >= 11 is 0. The van der Waals surface area contributed by atoms with Gasteiger partial charge in [-0.25, -0.2) is 0 Å². The molecule has 1 aromatic heterocycles. The summed E-state index contributed by atoms with van der Waals surface area (Å²) in [7, 11) is 1.78. The third-order valence-electron chi connectivity index (χ3n) is 4.29. The molecule has 0 aliphatic carbocycles. The third-order valence-corrected chi connectivity index (χ3v) is 4.29. The first-order valence-electron chi connectivity index (χ1n) is 8.09. The van der Waals surface area contributed by atoms with Crippen LogP contribution in [-0.4, -0.2) is 21.6 Å². The van der Waals surface area contributed by atoms with Crippen LogP contribution in [0.15, 0.2) is 54.6 Å². The Hall–Kier alpha value is -3.26. The molecule has 1 heterocycles. The zero-order valence-electron chi connectivity index (χ0n) is 13.9. The number of nitriles is 1. The number of aromatic nitrogens is 1. The van der Waals surface area contributed by atoms with Crippen molar-refractivity contribution < 1.29 is 9.90 Å². The van der Waals surface area contributed by atoms with Crippen molar-refractivity contribution in [1.29, 1.82) is 5.26 Å². The van der Waals surface area contributed by atoms with E-state index in [2.05, 4.69) is 11.4 Å². The highest BCUT2D eigenvalue weighted by atomic mass is 16.3. The Morgan fingerprint density at radius 2 is 2.00 bits per heavy atom. The SMILES string of the molecule is Cn1c(C(=O)N[C@H](CC#N)Cc2ccccc2)cc2c(O)cccc21.